The lowest BCUT2D eigenvalue weighted by Crippen LogP contribution is -2.48. The van der Waals surface area contributed by atoms with Crippen molar-refractivity contribution in [3.05, 3.63) is 64.0 Å². The molecule has 160 valence electrons. The number of nitrogens with zero attached hydrogens (tertiary/aromatic N) is 3. The maximum Gasteiger partial charge on any atom is 0.349 e. The predicted molar refractivity (Wildman–Crippen MR) is 117 cm³/mol. The Labute approximate surface area is 184 Å². The number of amides is 1. The molecule has 8 heteroatoms. The van der Waals surface area contributed by atoms with E-state index < -0.39 is 11.5 Å². The molecule has 2 aliphatic heterocycles. The van der Waals surface area contributed by atoms with E-state index in [0.717, 1.165) is 10.9 Å². The third kappa shape index (κ3) is 3.84. The van der Waals surface area contributed by atoms with Gasteiger partial charge in [-0.25, -0.2) is 4.79 Å². The Morgan fingerprint density at radius 1 is 1.06 bits per heavy atom. The topological polar surface area (TPSA) is 73.7 Å². The van der Waals surface area contributed by atoms with Crippen LogP contribution in [0, 0.1) is 0 Å². The SMILES string of the molecule is O=C(Cn1c(=O)nc(-c2ccccc2)c2cc(Cl)ccc21)N1CCC2(CC1)OCCO2. The van der Waals surface area contributed by atoms with Crippen LogP contribution in [0.15, 0.2) is 53.3 Å². The van der Waals surface area contributed by atoms with Crippen molar-refractivity contribution >= 4 is 28.4 Å². The predicted octanol–water partition coefficient (Wildman–Crippen LogP) is 3.08. The average molecular weight is 440 g/mol. The zero-order valence-corrected chi connectivity index (χ0v) is 17.7. The van der Waals surface area contributed by atoms with Crippen molar-refractivity contribution in [2.24, 2.45) is 0 Å². The molecule has 1 amide bonds. The van der Waals surface area contributed by atoms with Gasteiger partial charge in [0.25, 0.3) is 0 Å². The number of piperidine rings is 1. The maximum absolute atomic E-state index is 13.0. The average Bonchev–Trinajstić information content (AvgIpc) is 3.24. The number of likely N-dealkylation sites (tertiary alicyclic amines) is 1. The van der Waals surface area contributed by atoms with E-state index in [1.165, 1.54) is 4.57 Å². The maximum atomic E-state index is 13.0. The van der Waals surface area contributed by atoms with Crippen molar-refractivity contribution in [1.82, 2.24) is 14.5 Å². The summed E-state index contributed by atoms with van der Waals surface area (Å²) in [6.07, 6.45) is 1.27. The van der Waals surface area contributed by atoms with Gasteiger partial charge in [0.1, 0.15) is 6.54 Å². The Kier molecular flexibility index (Phi) is 5.25. The molecule has 3 heterocycles. The van der Waals surface area contributed by atoms with E-state index >= 15 is 0 Å². The Balaban J connectivity index is 1.46. The van der Waals surface area contributed by atoms with Gasteiger partial charge in [-0.05, 0) is 18.2 Å². The summed E-state index contributed by atoms with van der Waals surface area (Å²) < 4.78 is 12.9. The summed E-state index contributed by atoms with van der Waals surface area (Å²) in [4.78, 5) is 32.0. The third-order valence-electron chi connectivity index (χ3n) is 5.97. The van der Waals surface area contributed by atoms with E-state index in [0.29, 0.717) is 55.4 Å². The number of hydrogen-bond acceptors (Lipinski definition) is 5. The van der Waals surface area contributed by atoms with Crippen LogP contribution < -0.4 is 5.69 Å². The van der Waals surface area contributed by atoms with Gasteiger partial charge < -0.3 is 14.4 Å². The second-order valence-corrected chi connectivity index (χ2v) is 8.28. The first-order chi connectivity index (χ1) is 15.0. The van der Waals surface area contributed by atoms with Crippen molar-refractivity contribution in [2.75, 3.05) is 26.3 Å². The minimum Gasteiger partial charge on any atom is -0.347 e. The zero-order valence-electron chi connectivity index (χ0n) is 16.9. The van der Waals surface area contributed by atoms with Crippen LogP contribution in [0.3, 0.4) is 0 Å². The van der Waals surface area contributed by atoms with Gasteiger partial charge in [-0.15, -0.1) is 0 Å². The lowest BCUT2D eigenvalue weighted by atomic mass is 10.0. The number of aromatic nitrogens is 2. The van der Waals surface area contributed by atoms with E-state index in [-0.39, 0.29) is 12.5 Å². The quantitative estimate of drug-likeness (QED) is 0.627. The standard InChI is InChI=1S/C23H22ClN3O4/c24-17-6-7-19-18(14-17)21(16-4-2-1-3-5-16)25-22(29)27(19)15-20(28)26-10-8-23(9-11-26)30-12-13-31-23/h1-7,14H,8-13,15H2. The van der Waals surface area contributed by atoms with Crippen LogP contribution in [0.2, 0.25) is 5.02 Å². The summed E-state index contributed by atoms with van der Waals surface area (Å²) in [6.45, 7) is 2.18. The van der Waals surface area contributed by atoms with Crippen LogP contribution in [-0.2, 0) is 20.8 Å². The lowest BCUT2D eigenvalue weighted by molar-refractivity contribution is -0.187. The van der Waals surface area contributed by atoms with Gasteiger partial charge in [0.05, 0.1) is 24.4 Å². The number of benzene rings is 2. The minimum absolute atomic E-state index is 0.0756. The molecule has 2 fully saturated rings. The molecule has 0 saturated carbocycles. The van der Waals surface area contributed by atoms with Crippen molar-refractivity contribution in [3.8, 4) is 11.3 Å². The Bertz CT molecular complexity index is 1180. The van der Waals surface area contributed by atoms with Gasteiger partial charge in [0.15, 0.2) is 5.79 Å². The van der Waals surface area contributed by atoms with Crippen molar-refractivity contribution < 1.29 is 14.3 Å². The Morgan fingerprint density at radius 3 is 2.48 bits per heavy atom. The summed E-state index contributed by atoms with van der Waals surface area (Å²) in [5.74, 6) is -0.670. The van der Waals surface area contributed by atoms with Crippen LogP contribution in [-0.4, -0.2) is 52.4 Å². The summed E-state index contributed by atoms with van der Waals surface area (Å²) >= 11 is 6.24. The monoisotopic (exact) mass is 439 g/mol. The first kappa shape index (κ1) is 20.2. The van der Waals surface area contributed by atoms with Crippen LogP contribution in [0.1, 0.15) is 12.8 Å². The van der Waals surface area contributed by atoms with Crippen molar-refractivity contribution in [1.29, 1.82) is 0 Å². The van der Waals surface area contributed by atoms with E-state index in [2.05, 4.69) is 4.98 Å². The van der Waals surface area contributed by atoms with Crippen LogP contribution in [0.4, 0.5) is 0 Å². The Morgan fingerprint density at radius 2 is 1.77 bits per heavy atom. The molecule has 0 atom stereocenters. The first-order valence-electron chi connectivity index (χ1n) is 10.4. The molecule has 0 aliphatic carbocycles. The highest BCUT2D eigenvalue weighted by molar-refractivity contribution is 6.31. The molecule has 2 saturated heterocycles. The molecule has 0 unspecified atom stereocenters. The fourth-order valence-corrected chi connectivity index (χ4v) is 4.51. The minimum atomic E-state index is -0.546. The summed E-state index contributed by atoms with van der Waals surface area (Å²) in [6, 6.07) is 14.8. The number of carbonyl (C=O) groups is 1. The second-order valence-electron chi connectivity index (χ2n) is 7.85. The highest BCUT2D eigenvalue weighted by Crippen LogP contribution is 2.32. The van der Waals surface area contributed by atoms with E-state index in [4.69, 9.17) is 21.1 Å². The number of ether oxygens (including phenoxy) is 2. The van der Waals surface area contributed by atoms with Crippen LogP contribution >= 0.6 is 11.6 Å². The summed E-state index contributed by atoms with van der Waals surface area (Å²) in [5, 5.41) is 1.28. The van der Waals surface area contributed by atoms with Gasteiger partial charge >= 0.3 is 5.69 Å². The molecule has 31 heavy (non-hydrogen) atoms. The molecule has 0 bridgehead atoms. The zero-order chi connectivity index (χ0) is 21.4. The molecule has 2 aromatic carbocycles. The van der Waals surface area contributed by atoms with E-state index in [1.54, 1.807) is 23.1 Å². The third-order valence-corrected chi connectivity index (χ3v) is 6.21. The van der Waals surface area contributed by atoms with Crippen LogP contribution in [0.5, 0.6) is 0 Å². The van der Waals surface area contributed by atoms with Crippen molar-refractivity contribution in [2.45, 2.75) is 25.2 Å². The van der Waals surface area contributed by atoms with Gasteiger partial charge in [0.2, 0.25) is 5.91 Å². The van der Waals surface area contributed by atoms with Gasteiger partial charge in [-0.3, -0.25) is 9.36 Å². The largest absolute Gasteiger partial charge is 0.349 e. The van der Waals surface area contributed by atoms with E-state index in [9.17, 15) is 9.59 Å². The molecule has 2 aliphatic rings. The first-order valence-corrected chi connectivity index (χ1v) is 10.7. The molecule has 1 spiro atoms. The fourth-order valence-electron chi connectivity index (χ4n) is 4.34. The normalized spacial score (nSPS) is 18.0. The highest BCUT2D eigenvalue weighted by atomic mass is 35.5. The van der Waals surface area contributed by atoms with Gasteiger partial charge in [0, 0.05) is 41.9 Å². The molecular weight excluding hydrogens is 418 g/mol. The summed E-state index contributed by atoms with van der Waals surface area (Å²) in [7, 11) is 0. The van der Waals surface area contributed by atoms with Gasteiger partial charge in [-0.2, -0.15) is 4.98 Å². The molecule has 1 aromatic heterocycles. The highest BCUT2D eigenvalue weighted by Gasteiger charge is 2.40. The summed E-state index contributed by atoms with van der Waals surface area (Å²) in [5.41, 5.74) is 1.55. The fraction of sp³-hybridized carbons (Fsp3) is 0.348. The lowest BCUT2D eigenvalue weighted by Gasteiger charge is -2.37. The number of rotatable bonds is 3. The molecule has 5 rings (SSSR count). The Hall–Kier alpha value is -2.74. The number of halogens is 1. The molecule has 7 nitrogen and oxygen atoms in total. The van der Waals surface area contributed by atoms with Crippen molar-refractivity contribution in [3.63, 3.8) is 0 Å². The van der Waals surface area contributed by atoms with E-state index in [1.807, 2.05) is 30.3 Å². The van der Waals surface area contributed by atoms with Gasteiger partial charge in [-0.1, -0.05) is 41.9 Å². The molecule has 0 radical (unpaired) electrons. The smallest absolute Gasteiger partial charge is 0.347 e. The number of fused-ring (bicyclic) bond motifs is 1. The molecular formula is C23H22ClN3O4. The number of carbonyl (C=O) groups excluding carboxylic acids is 1. The molecule has 3 aromatic rings. The number of hydrogen-bond donors (Lipinski definition) is 0. The second kappa shape index (κ2) is 8.07. The van der Waals surface area contributed by atoms with Crippen LogP contribution in [0.25, 0.3) is 22.2 Å². The molecule has 0 N–H and O–H groups in total.